The quantitative estimate of drug-likeness (QED) is 0.207. The van der Waals surface area contributed by atoms with E-state index in [0.717, 1.165) is 0 Å². The number of aliphatic hydroxyl groups is 4. The van der Waals surface area contributed by atoms with Crippen molar-refractivity contribution in [2.75, 3.05) is 26.4 Å². The lowest BCUT2D eigenvalue weighted by Gasteiger charge is -2.24. The van der Waals surface area contributed by atoms with Gasteiger partial charge in [0, 0.05) is 19.4 Å². The molecule has 0 aliphatic carbocycles. The van der Waals surface area contributed by atoms with Crippen LogP contribution >= 0.6 is 0 Å². The second kappa shape index (κ2) is 11.4. The van der Waals surface area contributed by atoms with Gasteiger partial charge in [0.05, 0.1) is 19.8 Å². The number of nitrogens with one attached hydrogen (secondary N) is 1. The number of rotatable bonds is 12. The van der Waals surface area contributed by atoms with E-state index in [1.54, 1.807) is 0 Å². The maximum atomic E-state index is 11.3. The molecule has 0 bridgehead atoms. The monoisotopic (exact) mass is 308 g/mol. The van der Waals surface area contributed by atoms with Crippen molar-refractivity contribution in [2.45, 2.75) is 37.6 Å². The van der Waals surface area contributed by atoms with Crippen LogP contribution < -0.4 is 11.1 Å². The Bertz CT molecular complexity index is 314. The van der Waals surface area contributed by atoms with Gasteiger partial charge >= 0.3 is 0 Å². The Hall–Kier alpha value is -1.26. The minimum Gasteiger partial charge on any atom is -0.394 e. The van der Waals surface area contributed by atoms with E-state index in [4.69, 9.17) is 20.7 Å². The summed E-state index contributed by atoms with van der Waals surface area (Å²) in [6, 6.07) is 0. The van der Waals surface area contributed by atoms with Gasteiger partial charge in [-0.15, -0.1) is 0 Å². The smallest absolute Gasteiger partial charge is 0.220 e. The Morgan fingerprint density at radius 2 is 1.81 bits per heavy atom. The first kappa shape index (κ1) is 19.7. The van der Waals surface area contributed by atoms with Crippen molar-refractivity contribution in [3.63, 3.8) is 0 Å². The lowest BCUT2D eigenvalue weighted by atomic mass is 10.1. The van der Waals surface area contributed by atoms with Gasteiger partial charge in [-0.25, -0.2) is 0 Å². The van der Waals surface area contributed by atoms with Gasteiger partial charge in [0.1, 0.15) is 18.3 Å². The first-order valence-corrected chi connectivity index (χ1v) is 6.66. The van der Waals surface area contributed by atoms with Crippen LogP contribution in [0.4, 0.5) is 0 Å². The summed E-state index contributed by atoms with van der Waals surface area (Å²) < 4.78 is 5.11. The molecular formula is C12H24N2O7. The molecule has 0 aliphatic rings. The van der Waals surface area contributed by atoms with Crippen LogP contribution in [0.25, 0.3) is 0 Å². The predicted molar refractivity (Wildman–Crippen MR) is 72.0 cm³/mol. The fraction of sp³-hybridized carbons (Fsp3) is 0.833. The summed E-state index contributed by atoms with van der Waals surface area (Å²) in [4.78, 5) is 21.8. The Balaban J connectivity index is 3.81. The molecular weight excluding hydrogens is 284 g/mol. The van der Waals surface area contributed by atoms with Gasteiger partial charge in [0.25, 0.3) is 0 Å². The fourth-order valence-corrected chi connectivity index (χ4v) is 1.53. The average molecular weight is 308 g/mol. The minimum absolute atomic E-state index is 0.0159. The Kier molecular flexibility index (Phi) is 10.7. The SMILES string of the molecule is NC(=O)CCCC(=O)NCCO[C@H](CO)[C@@H](O)[C@H](O)CO. The van der Waals surface area contributed by atoms with Gasteiger partial charge in [0.15, 0.2) is 0 Å². The second-order valence-corrected chi connectivity index (χ2v) is 4.50. The Morgan fingerprint density at radius 1 is 1.14 bits per heavy atom. The van der Waals surface area contributed by atoms with E-state index in [1.165, 1.54) is 0 Å². The van der Waals surface area contributed by atoms with Crippen LogP contribution in [0.5, 0.6) is 0 Å². The van der Waals surface area contributed by atoms with Crippen molar-refractivity contribution in [3.8, 4) is 0 Å². The van der Waals surface area contributed by atoms with Gasteiger partial charge in [-0.05, 0) is 6.42 Å². The van der Waals surface area contributed by atoms with E-state index >= 15 is 0 Å². The molecule has 0 aromatic carbocycles. The van der Waals surface area contributed by atoms with E-state index in [-0.39, 0.29) is 31.9 Å². The van der Waals surface area contributed by atoms with Crippen LogP contribution in [0, 0.1) is 0 Å². The highest BCUT2D eigenvalue weighted by molar-refractivity contribution is 5.77. The lowest BCUT2D eigenvalue weighted by molar-refractivity contribution is -0.124. The molecule has 21 heavy (non-hydrogen) atoms. The second-order valence-electron chi connectivity index (χ2n) is 4.50. The molecule has 2 amide bonds. The Morgan fingerprint density at radius 3 is 2.33 bits per heavy atom. The van der Waals surface area contributed by atoms with Gasteiger partial charge in [-0.1, -0.05) is 0 Å². The average Bonchev–Trinajstić information content (AvgIpc) is 2.45. The van der Waals surface area contributed by atoms with Crippen LogP contribution in [0.1, 0.15) is 19.3 Å². The summed E-state index contributed by atoms with van der Waals surface area (Å²) in [5.74, 6) is -0.732. The molecule has 0 aromatic heterocycles. The molecule has 9 nitrogen and oxygen atoms in total. The van der Waals surface area contributed by atoms with Crippen molar-refractivity contribution in [2.24, 2.45) is 5.73 Å². The number of carbonyl (C=O) groups excluding carboxylic acids is 2. The minimum atomic E-state index is -1.42. The third kappa shape index (κ3) is 9.32. The third-order valence-corrected chi connectivity index (χ3v) is 2.73. The van der Waals surface area contributed by atoms with Crippen molar-refractivity contribution >= 4 is 11.8 Å². The summed E-state index contributed by atoms with van der Waals surface area (Å²) in [6.45, 7) is -1.03. The van der Waals surface area contributed by atoms with Crippen LogP contribution in [0.2, 0.25) is 0 Å². The molecule has 0 saturated carbocycles. The molecule has 7 N–H and O–H groups in total. The topological polar surface area (TPSA) is 162 Å². The van der Waals surface area contributed by atoms with Gasteiger partial charge in [0.2, 0.25) is 11.8 Å². The van der Waals surface area contributed by atoms with Gasteiger partial charge < -0.3 is 36.2 Å². The zero-order chi connectivity index (χ0) is 16.3. The van der Waals surface area contributed by atoms with E-state index < -0.39 is 37.4 Å². The molecule has 0 unspecified atom stereocenters. The normalized spacial score (nSPS) is 15.2. The lowest BCUT2D eigenvalue weighted by Crippen LogP contribution is -2.44. The number of hydrogen-bond donors (Lipinski definition) is 6. The van der Waals surface area contributed by atoms with Gasteiger partial charge in [-0.2, -0.15) is 0 Å². The number of ether oxygens (including phenoxy) is 1. The first-order chi connectivity index (χ1) is 9.92. The number of amides is 2. The van der Waals surface area contributed by atoms with Gasteiger partial charge in [-0.3, -0.25) is 9.59 Å². The number of carbonyl (C=O) groups is 2. The predicted octanol–water partition coefficient (Wildman–Crippen LogP) is -3.15. The molecule has 0 fully saturated rings. The van der Waals surface area contributed by atoms with E-state index in [1.807, 2.05) is 0 Å². The number of nitrogens with two attached hydrogens (primary N) is 1. The van der Waals surface area contributed by atoms with Crippen LogP contribution in [0.3, 0.4) is 0 Å². The number of hydrogen-bond acceptors (Lipinski definition) is 7. The largest absolute Gasteiger partial charge is 0.394 e. The highest BCUT2D eigenvalue weighted by atomic mass is 16.5. The molecule has 0 aliphatic heterocycles. The van der Waals surface area contributed by atoms with Crippen molar-refractivity contribution in [1.29, 1.82) is 0 Å². The number of aliphatic hydroxyl groups excluding tert-OH is 4. The molecule has 3 atom stereocenters. The highest BCUT2D eigenvalue weighted by Gasteiger charge is 2.25. The summed E-state index contributed by atoms with van der Waals surface area (Å²) in [5, 5.41) is 39.0. The fourth-order valence-electron chi connectivity index (χ4n) is 1.53. The molecule has 0 rings (SSSR count). The van der Waals surface area contributed by atoms with Crippen molar-refractivity contribution in [3.05, 3.63) is 0 Å². The zero-order valence-electron chi connectivity index (χ0n) is 11.8. The molecule has 0 saturated heterocycles. The standard InChI is InChI=1S/C12H24N2O7/c13-10(18)2-1-3-11(19)14-4-5-21-9(7-16)12(20)8(17)6-15/h8-9,12,15-17,20H,1-7H2,(H2,13,18)(H,14,19)/t8-,9-,12+/m1/s1. The van der Waals surface area contributed by atoms with E-state index in [2.05, 4.69) is 5.32 Å². The van der Waals surface area contributed by atoms with Crippen LogP contribution in [-0.2, 0) is 14.3 Å². The van der Waals surface area contributed by atoms with Crippen LogP contribution in [-0.4, -0.2) is 76.9 Å². The molecule has 0 radical (unpaired) electrons. The zero-order valence-corrected chi connectivity index (χ0v) is 11.8. The van der Waals surface area contributed by atoms with Crippen molar-refractivity contribution in [1.82, 2.24) is 5.32 Å². The molecule has 0 heterocycles. The molecule has 0 spiro atoms. The summed E-state index contributed by atoms with van der Waals surface area (Å²) >= 11 is 0. The maximum Gasteiger partial charge on any atom is 0.220 e. The van der Waals surface area contributed by atoms with Crippen LogP contribution in [0.15, 0.2) is 0 Å². The first-order valence-electron chi connectivity index (χ1n) is 6.66. The molecule has 0 aromatic rings. The number of primary amides is 1. The third-order valence-electron chi connectivity index (χ3n) is 2.73. The maximum absolute atomic E-state index is 11.3. The Labute approximate surface area is 122 Å². The van der Waals surface area contributed by atoms with E-state index in [9.17, 15) is 19.8 Å². The molecule has 9 heteroatoms. The van der Waals surface area contributed by atoms with Crippen molar-refractivity contribution < 1.29 is 34.8 Å². The summed E-state index contributed by atoms with van der Waals surface area (Å²) in [6.07, 6.45) is -3.22. The molecule has 124 valence electrons. The van der Waals surface area contributed by atoms with E-state index in [0.29, 0.717) is 6.42 Å². The summed E-state index contributed by atoms with van der Waals surface area (Å²) in [5.41, 5.74) is 4.94. The highest BCUT2D eigenvalue weighted by Crippen LogP contribution is 2.04. The summed E-state index contributed by atoms with van der Waals surface area (Å²) in [7, 11) is 0.